The smallest absolute Gasteiger partial charge is 0.216 e. The number of ether oxygens (including phenoxy) is 1. The summed E-state index contributed by atoms with van der Waals surface area (Å²) in [4.78, 5) is 0. The van der Waals surface area contributed by atoms with E-state index in [2.05, 4.69) is 4.72 Å². The van der Waals surface area contributed by atoms with Gasteiger partial charge >= 0.3 is 0 Å². The van der Waals surface area contributed by atoms with E-state index in [1.807, 2.05) is 6.92 Å². The van der Waals surface area contributed by atoms with Crippen LogP contribution in [-0.2, 0) is 27.1 Å². The number of aliphatic hydroxyl groups is 1. The molecule has 2 N–H and O–H groups in total. The first-order chi connectivity index (χ1) is 9.42. The molecule has 6 heteroatoms. The number of benzene rings is 1. The van der Waals surface area contributed by atoms with Crippen molar-refractivity contribution in [1.82, 2.24) is 4.72 Å². The van der Waals surface area contributed by atoms with Gasteiger partial charge < -0.3 is 9.84 Å². The molecule has 0 radical (unpaired) electrons. The summed E-state index contributed by atoms with van der Waals surface area (Å²) in [6, 6.07) is 6.94. The van der Waals surface area contributed by atoms with Crippen molar-refractivity contribution in [3.05, 3.63) is 35.4 Å². The number of nitrogens with one attached hydrogen (secondary N) is 1. The van der Waals surface area contributed by atoms with Gasteiger partial charge in [-0.15, -0.1) is 0 Å². The summed E-state index contributed by atoms with van der Waals surface area (Å²) in [5, 5.41) is 8.97. The molecule has 2 rings (SSSR count). The zero-order valence-corrected chi connectivity index (χ0v) is 12.4. The van der Waals surface area contributed by atoms with Crippen molar-refractivity contribution in [1.29, 1.82) is 0 Å². The highest BCUT2D eigenvalue weighted by Crippen LogP contribution is 2.21. The topological polar surface area (TPSA) is 75.6 Å². The molecule has 0 atom stereocenters. The van der Waals surface area contributed by atoms with Crippen LogP contribution < -0.4 is 4.72 Å². The van der Waals surface area contributed by atoms with Crippen molar-refractivity contribution < 1.29 is 18.3 Å². The van der Waals surface area contributed by atoms with E-state index in [0.717, 1.165) is 5.56 Å². The van der Waals surface area contributed by atoms with Crippen LogP contribution in [0.15, 0.2) is 24.3 Å². The van der Waals surface area contributed by atoms with E-state index in [4.69, 9.17) is 9.84 Å². The number of aliphatic hydroxyl groups excluding tert-OH is 1. The summed E-state index contributed by atoms with van der Waals surface area (Å²) < 4.78 is 32.5. The van der Waals surface area contributed by atoms with Crippen LogP contribution in [0.25, 0.3) is 0 Å². The van der Waals surface area contributed by atoms with Crippen molar-refractivity contribution in [3.63, 3.8) is 0 Å². The molecule has 112 valence electrons. The molecule has 20 heavy (non-hydrogen) atoms. The van der Waals surface area contributed by atoms with Crippen LogP contribution in [0.2, 0.25) is 0 Å². The highest BCUT2D eigenvalue weighted by atomic mass is 32.2. The molecule has 0 amide bonds. The maximum atomic E-state index is 12.2. The van der Waals surface area contributed by atoms with Crippen LogP contribution in [0.5, 0.6) is 0 Å². The summed E-state index contributed by atoms with van der Waals surface area (Å²) in [5.41, 5.74) is 1.07. The summed E-state index contributed by atoms with van der Waals surface area (Å²) in [5.74, 6) is -0.0465. The molecule has 1 aromatic carbocycles. The van der Waals surface area contributed by atoms with Crippen LogP contribution in [-0.4, -0.2) is 32.3 Å². The second-order valence-corrected chi connectivity index (χ2v) is 7.23. The Hall–Kier alpha value is -0.950. The van der Waals surface area contributed by atoms with Crippen LogP contribution >= 0.6 is 0 Å². The fourth-order valence-electron chi connectivity index (χ4n) is 2.30. The van der Waals surface area contributed by atoms with Crippen molar-refractivity contribution >= 4 is 10.0 Å². The third-order valence-corrected chi connectivity index (χ3v) is 5.08. The van der Waals surface area contributed by atoms with E-state index in [1.54, 1.807) is 24.3 Å². The van der Waals surface area contributed by atoms with E-state index in [-0.39, 0.29) is 12.4 Å². The van der Waals surface area contributed by atoms with Crippen LogP contribution in [0.4, 0.5) is 0 Å². The molecular weight excluding hydrogens is 278 g/mol. The Balaban J connectivity index is 2.02. The van der Waals surface area contributed by atoms with Gasteiger partial charge in [0.1, 0.15) is 0 Å². The molecule has 1 aromatic rings. The van der Waals surface area contributed by atoms with Crippen molar-refractivity contribution in [3.8, 4) is 0 Å². The molecule has 1 aliphatic rings. The monoisotopic (exact) mass is 299 g/mol. The Kier molecular flexibility index (Phi) is 4.80. The van der Waals surface area contributed by atoms with Crippen molar-refractivity contribution in [2.45, 2.75) is 37.7 Å². The van der Waals surface area contributed by atoms with Gasteiger partial charge in [-0.05, 0) is 30.9 Å². The molecule has 0 aliphatic carbocycles. The van der Waals surface area contributed by atoms with Gasteiger partial charge in [0.25, 0.3) is 0 Å². The Morgan fingerprint density at radius 3 is 2.30 bits per heavy atom. The summed E-state index contributed by atoms with van der Waals surface area (Å²) in [7, 11) is -3.38. The Bertz CT molecular complexity index is 533. The minimum atomic E-state index is -3.38. The summed E-state index contributed by atoms with van der Waals surface area (Å²) in [6.45, 7) is 3.06. The molecule has 1 fully saturated rings. The van der Waals surface area contributed by atoms with E-state index in [0.29, 0.717) is 31.6 Å². The lowest BCUT2D eigenvalue weighted by Gasteiger charge is -2.34. The van der Waals surface area contributed by atoms with Gasteiger partial charge in [-0.2, -0.15) is 0 Å². The van der Waals surface area contributed by atoms with Gasteiger partial charge in [-0.25, -0.2) is 13.1 Å². The minimum absolute atomic E-state index is 0.0383. The van der Waals surface area contributed by atoms with Gasteiger partial charge in [-0.1, -0.05) is 24.3 Å². The first-order valence-corrected chi connectivity index (χ1v) is 8.36. The third-order valence-electron chi connectivity index (χ3n) is 3.56. The second-order valence-electron chi connectivity index (χ2n) is 5.51. The lowest BCUT2D eigenvalue weighted by molar-refractivity contribution is 0.0537. The highest BCUT2D eigenvalue weighted by Gasteiger charge is 2.31. The number of hydrogen-bond acceptors (Lipinski definition) is 4. The van der Waals surface area contributed by atoms with E-state index in [9.17, 15) is 8.42 Å². The summed E-state index contributed by atoms with van der Waals surface area (Å²) >= 11 is 0. The standard InChI is InChI=1S/C14H21NO4S/c1-14(6-8-19-9-7-14)15-20(17,18)11-13-4-2-12(10-16)3-5-13/h2-5,15-16H,6-11H2,1H3. The molecule has 0 spiro atoms. The van der Waals surface area contributed by atoms with Crippen LogP contribution in [0.1, 0.15) is 30.9 Å². The van der Waals surface area contributed by atoms with Crippen molar-refractivity contribution in [2.75, 3.05) is 13.2 Å². The van der Waals surface area contributed by atoms with Gasteiger partial charge in [0.15, 0.2) is 0 Å². The normalized spacial score (nSPS) is 18.9. The minimum Gasteiger partial charge on any atom is -0.392 e. The molecule has 1 aliphatic heterocycles. The fourth-order valence-corrected chi connectivity index (χ4v) is 3.95. The first-order valence-electron chi connectivity index (χ1n) is 6.71. The SMILES string of the molecule is CC1(NS(=O)(=O)Cc2ccc(CO)cc2)CCOCC1. The maximum Gasteiger partial charge on any atom is 0.216 e. The predicted octanol–water partition coefficient (Wildman–Crippen LogP) is 1.17. The average Bonchev–Trinajstić information content (AvgIpc) is 2.38. The van der Waals surface area contributed by atoms with Gasteiger partial charge in [-0.3, -0.25) is 0 Å². The largest absolute Gasteiger partial charge is 0.392 e. The lowest BCUT2D eigenvalue weighted by Crippen LogP contribution is -2.49. The second kappa shape index (κ2) is 6.22. The molecular formula is C14H21NO4S. The number of sulfonamides is 1. The van der Waals surface area contributed by atoms with Crippen molar-refractivity contribution in [2.24, 2.45) is 0 Å². The zero-order chi connectivity index (χ0) is 14.6. The van der Waals surface area contributed by atoms with Gasteiger partial charge in [0.05, 0.1) is 12.4 Å². The Morgan fingerprint density at radius 1 is 1.20 bits per heavy atom. The Morgan fingerprint density at radius 2 is 1.75 bits per heavy atom. The summed E-state index contributed by atoms with van der Waals surface area (Å²) in [6.07, 6.45) is 1.38. The van der Waals surface area contributed by atoms with E-state index in [1.165, 1.54) is 0 Å². The zero-order valence-electron chi connectivity index (χ0n) is 11.6. The van der Waals surface area contributed by atoms with E-state index < -0.39 is 15.6 Å². The first kappa shape index (κ1) is 15.4. The fraction of sp³-hybridized carbons (Fsp3) is 0.571. The number of hydrogen-bond donors (Lipinski definition) is 2. The van der Waals surface area contributed by atoms with Gasteiger partial charge in [0, 0.05) is 18.8 Å². The molecule has 0 unspecified atom stereocenters. The van der Waals surface area contributed by atoms with Crippen LogP contribution in [0, 0.1) is 0 Å². The lowest BCUT2D eigenvalue weighted by atomic mass is 9.94. The van der Waals surface area contributed by atoms with Crippen LogP contribution in [0.3, 0.4) is 0 Å². The quantitative estimate of drug-likeness (QED) is 0.856. The van der Waals surface area contributed by atoms with Gasteiger partial charge in [0.2, 0.25) is 10.0 Å². The maximum absolute atomic E-state index is 12.2. The highest BCUT2D eigenvalue weighted by molar-refractivity contribution is 7.88. The molecule has 0 aromatic heterocycles. The Labute approximate surface area is 120 Å². The predicted molar refractivity (Wildman–Crippen MR) is 76.6 cm³/mol. The average molecular weight is 299 g/mol. The number of rotatable bonds is 5. The molecule has 0 bridgehead atoms. The third kappa shape index (κ3) is 4.28. The molecule has 1 heterocycles. The molecule has 0 saturated carbocycles. The van der Waals surface area contributed by atoms with E-state index >= 15 is 0 Å². The molecule has 1 saturated heterocycles. The molecule has 5 nitrogen and oxygen atoms in total.